The summed E-state index contributed by atoms with van der Waals surface area (Å²) in [7, 11) is -0.192. The van der Waals surface area contributed by atoms with Crippen molar-refractivity contribution in [1.29, 1.82) is 0 Å². The molecule has 0 rings (SSSR count). The van der Waals surface area contributed by atoms with Gasteiger partial charge in [-0.2, -0.15) is 0 Å². The van der Waals surface area contributed by atoms with E-state index in [0.717, 1.165) is 0 Å². The molecule has 7 heteroatoms. The van der Waals surface area contributed by atoms with Crippen molar-refractivity contribution in [3.8, 4) is 11.5 Å². The molecule has 23 heavy (non-hydrogen) atoms. The van der Waals surface area contributed by atoms with Gasteiger partial charge in [-0.25, -0.2) is 0 Å². The fraction of sp³-hybridized carbons (Fsp3) is 0.750. The molecule has 0 bridgehead atoms. The number of nitrogens with two attached hydrogens (primary N) is 1. The van der Waals surface area contributed by atoms with E-state index in [2.05, 4.69) is 50.6 Å². The van der Waals surface area contributed by atoms with E-state index in [4.69, 9.17) is 15.2 Å². The lowest BCUT2D eigenvalue weighted by Crippen LogP contribution is -2.45. The summed E-state index contributed by atoms with van der Waals surface area (Å²) < 4.78 is 9.91. The molecule has 1 atom stereocenters. The molecule has 0 aliphatic heterocycles. The molecule has 3 N–H and O–H groups in total. The van der Waals surface area contributed by atoms with Crippen molar-refractivity contribution in [3.05, 3.63) is 0 Å². The minimum absolute atomic E-state index is 0.136. The second-order valence-electron chi connectivity index (χ2n) is 6.95. The first-order valence-electron chi connectivity index (χ1n) is 7.66. The molecule has 6 nitrogen and oxygen atoms in total. The second kappa shape index (κ2) is 9.70. The van der Waals surface area contributed by atoms with E-state index in [0.29, 0.717) is 13.2 Å². The number of amides is 2. The molecule has 0 aliphatic carbocycles. The van der Waals surface area contributed by atoms with Gasteiger partial charge in [-0.05, 0) is 5.04 Å². The molecule has 0 aromatic carbocycles. The molecule has 0 aromatic rings. The molecule has 0 aromatic heterocycles. The van der Waals surface area contributed by atoms with Crippen molar-refractivity contribution < 1.29 is 19.1 Å². The van der Waals surface area contributed by atoms with Crippen LogP contribution in [0.5, 0.6) is 0 Å². The van der Waals surface area contributed by atoms with Crippen LogP contribution >= 0.6 is 0 Å². The lowest BCUT2D eigenvalue weighted by Gasteiger charge is -2.31. The second-order valence-corrected chi connectivity index (χ2v) is 11.9. The first-order chi connectivity index (χ1) is 10.5. The van der Waals surface area contributed by atoms with Gasteiger partial charge in [0.25, 0.3) is 0 Å². The van der Waals surface area contributed by atoms with E-state index >= 15 is 0 Å². The van der Waals surface area contributed by atoms with Gasteiger partial charge in [-0.3, -0.25) is 9.59 Å². The highest BCUT2D eigenvalue weighted by Gasteiger charge is 2.33. The van der Waals surface area contributed by atoms with Crippen LogP contribution in [-0.4, -0.2) is 52.9 Å². The average Bonchev–Trinajstić information content (AvgIpc) is 2.41. The SMILES string of the molecule is COCCOCC(=O)N[C@H](CC#C[Si](C)(C)C(C)(C)C)C(N)=O. The summed E-state index contributed by atoms with van der Waals surface area (Å²) >= 11 is 0. The fourth-order valence-electron chi connectivity index (χ4n) is 1.33. The van der Waals surface area contributed by atoms with E-state index < -0.39 is 20.0 Å². The summed E-state index contributed by atoms with van der Waals surface area (Å²) in [6.45, 7) is 11.4. The summed E-state index contributed by atoms with van der Waals surface area (Å²) in [4.78, 5) is 23.2. The molecule has 0 heterocycles. The third-order valence-corrected chi connectivity index (χ3v) is 8.48. The highest BCUT2D eigenvalue weighted by Crippen LogP contribution is 2.35. The number of hydrogen-bond acceptors (Lipinski definition) is 4. The Morgan fingerprint density at radius 3 is 2.35 bits per heavy atom. The van der Waals surface area contributed by atoms with Crippen LogP contribution in [0.15, 0.2) is 0 Å². The molecule has 0 fully saturated rings. The maximum atomic E-state index is 11.7. The van der Waals surface area contributed by atoms with Crippen LogP contribution in [0.1, 0.15) is 27.2 Å². The zero-order valence-electron chi connectivity index (χ0n) is 15.1. The summed E-state index contributed by atoms with van der Waals surface area (Å²) in [5.41, 5.74) is 8.63. The number of rotatable bonds is 8. The molecule has 0 spiro atoms. The Kier molecular flexibility index (Phi) is 9.13. The molecule has 2 amide bonds. The monoisotopic (exact) mass is 342 g/mol. The first-order valence-corrected chi connectivity index (χ1v) is 10.7. The van der Waals surface area contributed by atoms with E-state index in [-0.39, 0.29) is 24.0 Å². The summed E-state index contributed by atoms with van der Waals surface area (Å²) in [5.74, 6) is 2.04. The van der Waals surface area contributed by atoms with Gasteiger partial charge in [0.15, 0.2) is 0 Å². The molecule has 0 radical (unpaired) electrons. The van der Waals surface area contributed by atoms with Crippen molar-refractivity contribution in [1.82, 2.24) is 5.32 Å². The third-order valence-electron chi connectivity index (χ3n) is 3.93. The van der Waals surface area contributed by atoms with E-state index in [1.54, 1.807) is 7.11 Å². The number of nitrogens with one attached hydrogen (secondary N) is 1. The minimum atomic E-state index is -1.74. The van der Waals surface area contributed by atoms with Crippen molar-refractivity contribution in [2.75, 3.05) is 26.9 Å². The largest absolute Gasteiger partial charge is 0.382 e. The number of primary amides is 1. The average molecular weight is 343 g/mol. The predicted molar refractivity (Wildman–Crippen MR) is 93.4 cm³/mol. The summed E-state index contributed by atoms with van der Waals surface area (Å²) in [5, 5.41) is 2.69. The topological polar surface area (TPSA) is 90.7 Å². The van der Waals surface area contributed by atoms with Crippen molar-refractivity contribution in [2.24, 2.45) is 5.73 Å². The maximum absolute atomic E-state index is 11.7. The van der Waals surface area contributed by atoms with Gasteiger partial charge >= 0.3 is 0 Å². The molecule has 0 aliphatic rings. The van der Waals surface area contributed by atoms with Crippen LogP contribution in [0.2, 0.25) is 18.1 Å². The van der Waals surface area contributed by atoms with E-state index in [9.17, 15) is 9.59 Å². The van der Waals surface area contributed by atoms with Gasteiger partial charge < -0.3 is 20.5 Å². The van der Waals surface area contributed by atoms with E-state index in [1.165, 1.54) is 0 Å². The quantitative estimate of drug-likeness (QED) is 0.392. The molecule has 0 saturated heterocycles. The van der Waals surface area contributed by atoms with Crippen molar-refractivity contribution in [3.63, 3.8) is 0 Å². The van der Waals surface area contributed by atoms with Gasteiger partial charge in [0.05, 0.1) is 13.2 Å². The lowest BCUT2D eigenvalue weighted by atomic mass is 10.2. The van der Waals surface area contributed by atoms with Gasteiger partial charge in [0, 0.05) is 13.5 Å². The van der Waals surface area contributed by atoms with Crippen LogP contribution in [0.25, 0.3) is 0 Å². The zero-order valence-corrected chi connectivity index (χ0v) is 16.1. The Labute approximate surface area is 140 Å². The van der Waals surface area contributed by atoms with Gasteiger partial charge in [0.2, 0.25) is 11.8 Å². The maximum Gasteiger partial charge on any atom is 0.246 e. The normalized spacial score (nSPS) is 13.0. The highest BCUT2D eigenvalue weighted by molar-refractivity contribution is 6.87. The number of hydrogen-bond donors (Lipinski definition) is 2. The third kappa shape index (κ3) is 8.74. The lowest BCUT2D eigenvalue weighted by molar-refractivity contribution is -0.130. The molecule has 0 saturated carbocycles. The van der Waals surface area contributed by atoms with Crippen LogP contribution in [0.4, 0.5) is 0 Å². The van der Waals surface area contributed by atoms with Gasteiger partial charge in [0.1, 0.15) is 20.7 Å². The van der Waals surface area contributed by atoms with Gasteiger partial charge in [-0.15, -0.1) is 11.5 Å². The summed E-state index contributed by atoms with van der Waals surface area (Å²) in [6, 6.07) is -0.800. The van der Waals surface area contributed by atoms with Crippen LogP contribution in [-0.2, 0) is 19.1 Å². The van der Waals surface area contributed by atoms with Crippen LogP contribution < -0.4 is 11.1 Å². The Morgan fingerprint density at radius 1 is 1.26 bits per heavy atom. The number of carbonyl (C=O) groups excluding carboxylic acids is 2. The Balaban J connectivity index is 4.56. The van der Waals surface area contributed by atoms with Gasteiger partial charge in [-0.1, -0.05) is 33.9 Å². The Morgan fingerprint density at radius 2 is 1.87 bits per heavy atom. The highest BCUT2D eigenvalue weighted by atomic mass is 28.3. The minimum Gasteiger partial charge on any atom is -0.382 e. The standard InChI is InChI=1S/C16H30N2O4Si/c1-16(2,3)23(5,6)11-7-8-13(15(17)20)18-14(19)12-22-10-9-21-4/h13H,8-10,12H2,1-6H3,(H2,17,20)(H,18,19)/t13-/m1/s1. The molecular weight excluding hydrogens is 312 g/mol. The molecule has 132 valence electrons. The predicted octanol–water partition coefficient (Wildman–Crippen LogP) is 1.06. The number of ether oxygens (including phenoxy) is 2. The Hall–Kier alpha value is -1.36. The number of methoxy groups -OCH3 is 1. The fourth-order valence-corrected chi connectivity index (χ4v) is 2.25. The molecule has 0 unspecified atom stereocenters. The molecular formula is C16H30N2O4Si. The first kappa shape index (κ1) is 21.6. The van der Waals surface area contributed by atoms with E-state index in [1.807, 2.05) is 0 Å². The zero-order chi connectivity index (χ0) is 18.1. The van der Waals surface area contributed by atoms with Crippen molar-refractivity contribution in [2.45, 2.75) is 51.4 Å². The smallest absolute Gasteiger partial charge is 0.246 e. The van der Waals surface area contributed by atoms with Crippen LogP contribution in [0.3, 0.4) is 0 Å². The van der Waals surface area contributed by atoms with Crippen LogP contribution in [0, 0.1) is 11.5 Å². The summed E-state index contributed by atoms with van der Waals surface area (Å²) in [6.07, 6.45) is 0.214. The van der Waals surface area contributed by atoms with Crippen molar-refractivity contribution >= 4 is 19.9 Å². The Bertz CT molecular complexity index is 461. The number of carbonyl (C=O) groups is 2.